The minimum atomic E-state index is 0.645. The fourth-order valence-electron chi connectivity index (χ4n) is 2.84. The minimum absolute atomic E-state index is 0.645. The fourth-order valence-corrected chi connectivity index (χ4v) is 3.84. The molecule has 1 aliphatic heterocycles. The van der Waals surface area contributed by atoms with Gasteiger partial charge in [0.1, 0.15) is 0 Å². The van der Waals surface area contributed by atoms with Gasteiger partial charge in [0.05, 0.1) is 0 Å². The van der Waals surface area contributed by atoms with Crippen molar-refractivity contribution in [3.8, 4) is 0 Å². The molecule has 0 aliphatic carbocycles. The molecule has 1 aromatic rings. The van der Waals surface area contributed by atoms with E-state index in [0.29, 0.717) is 12.1 Å². The lowest BCUT2D eigenvalue weighted by atomic mass is 9.95. The Bertz CT molecular complexity index is 388. The Morgan fingerprint density at radius 3 is 2.95 bits per heavy atom. The third kappa shape index (κ3) is 3.59. The molecule has 3 atom stereocenters. The van der Waals surface area contributed by atoms with Gasteiger partial charge in [-0.2, -0.15) is 0 Å². The van der Waals surface area contributed by atoms with Crippen molar-refractivity contribution in [3.63, 3.8) is 0 Å². The molecule has 3 heteroatoms. The van der Waals surface area contributed by atoms with Gasteiger partial charge < -0.3 is 5.32 Å². The van der Waals surface area contributed by atoms with E-state index in [0.717, 1.165) is 25.4 Å². The van der Waals surface area contributed by atoms with Crippen molar-refractivity contribution in [2.24, 2.45) is 5.92 Å². The van der Waals surface area contributed by atoms with Gasteiger partial charge in [0, 0.05) is 36.6 Å². The molecule has 0 saturated carbocycles. The highest BCUT2D eigenvalue weighted by Gasteiger charge is 2.28. The lowest BCUT2D eigenvalue weighted by molar-refractivity contribution is 0.112. The Balaban J connectivity index is 2.01. The predicted octanol–water partition coefficient (Wildman–Crippen LogP) is 3.52. The first kappa shape index (κ1) is 15.0. The van der Waals surface area contributed by atoms with E-state index >= 15 is 0 Å². The zero-order valence-corrected chi connectivity index (χ0v) is 13.6. The Hall–Kier alpha value is -0.380. The molecule has 1 aliphatic rings. The van der Waals surface area contributed by atoms with Crippen molar-refractivity contribution < 1.29 is 0 Å². The molecule has 3 unspecified atom stereocenters. The second kappa shape index (κ2) is 6.87. The summed E-state index contributed by atoms with van der Waals surface area (Å²) in [6.07, 6.45) is 2.42. The van der Waals surface area contributed by atoms with Crippen molar-refractivity contribution in [3.05, 3.63) is 21.9 Å². The molecule has 2 heterocycles. The largest absolute Gasteiger partial charge is 0.311 e. The third-order valence-corrected chi connectivity index (χ3v) is 5.57. The molecule has 1 fully saturated rings. The molecule has 1 N–H and O–H groups in total. The van der Waals surface area contributed by atoms with E-state index in [1.165, 1.54) is 18.5 Å². The normalized spacial score (nSPS) is 26.5. The highest BCUT2D eigenvalue weighted by molar-refractivity contribution is 7.10. The highest BCUT2D eigenvalue weighted by atomic mass is 32.1. The van der Waals surface area contributed by atoms with Crippen molar-refractivity contribution in [2.75, 3.05) is 13.1 Å². The van der Waals surface area contributed by atoms with Gasteiger partial charge in [-0.05, 0) is 36.3 Å². The van der Waals surface area contributed by atoms with E-state index < -0.39 is 0 Å². The Labute approximate surface area is 122 Å². The second-order valence-electron chi connectivity index (χ2n) is 5.90. The molecule has 0 radical (unpaired) electrons. The summed E-state index contributed by atoms with van der Waals surface area (Å²) in [6.45, 7) is 12.7. The predicted molar refractivity (Wildman–Crippen MR) is 84.8 cm³/mol. The van der Waals surface area contributed by atoms with Crippen LogP contribution in [0.15, 0.2) is 11.4 Å². The SMILES string of the molecule is CCc1ccsc1CN1CC(C(C)CC)NCC1C. The molecule has 19 heavy (non-hydrogen) atoms. The van der Waals surface area contributed by atoms with Gasteiger partial charge in [-0.25, -0.2) is 0 Å². The van der Waals surface area contributed by atoms with Crippen LogP contribution >= 0.6 is 11.3 Å². The number of aryl methyl sites for hydroxylation is 1. The number of nitrogens with zero attached hydrogens (tertiary/aromatic N) is 1. The number of nitrogens with one attached hydrogen (secondary N) is 1. The van der Waals surface area contributed by atoms with Crippen LogP contribution in [-0.4, -0.2) is 30.1 Å². The van der Waals surface area contributed by atoms with Crippen LogP contribution in [-0.2, 0) is 13.0 Å². The van der Waals surface area contributed by atoms with Crippen LogP contribution < -0.4 is 5.32 Å². The number of hydrogen-bond donors (Lipinski definition) is 1. The number of hydrogen-bond acceptors (Lipinski definition) is 3. The Morgan fingerprint density at radius 1 is 1.47 bits per heavy atom. The van der Waals surface area contributed by atoms with Gasteiger partial charge in [0.2, 0.25) is 0 Å². The zero-order chi connectivity index (χ0) is 13.8. The summed E-state index contributed by atoms with van der Waals surface area (Å²) in [5.74, 6) is 0.768. The monoisotopic (exact) mass is 280 g/mol. The summed E-state index contributed by atoms with van der Waals surface area (Å²) >= 11 is 1.92. The summed E-state index contributed by atoms with van der Waals surface area (Å²) in [5.41, 5.74) is 1.54. The lowest BCUT2D eigenvalue weighted by Gasteiger charge is -2.41. The topological polar surface area (TPSA) is 15.3 Å². The maximum absolute atomic E-state index is 3.72. The highest BCUT2D eigenvalue weighted by Crippen LogP contribution is 2.23. The molecule has 1 aromatic heterocycles. The van der Waals surface area contributed by atoms with Gasteiger partial charge in [-0.1, -0.05) is 27.2 Å². The number of thiophene rings is 1. The van der Waals surface area contributed by atoms with Crippen LogP contribution in [0.4, 0.5) is 0 Å². The van der Waals surface area contributed by atoms with E-state index in [4.69, 9.17) is 0 Å². The van der Waals surface area contributed by atoms with Gasteiger partial charge in [-0.15, -0.1) is 11.3 Å². The van der Waals surface area contributed by atoms with E-state index in [1.54, 1.807) is 4.88 Å². The summed E-state index contributed by atoms with van der Waals surface area (Å²) in [4.78, 5) is 4.23. The van der Waals surface area contributed by atoms with Crippen LogP contribution in [0.2, 0.25) is 0 Å². The zero-order valence-electron chi connectivity index (χ0n) is 12.8. The Kier molecular flexibility index (Phi) is 5.43. The fraction of sp³-hybridized carbons (Fsp3) is 0.750. The van der Waals surface area contributed by atoms with Gasteiger partial charge in [-0.3, -0.25) is 4.90 Å². The van der Waals surface area contributed by atoms with Crippen LogP contribution in [0.1, 0.15) is 44.6 Å². The van der Waals surface area contributed by atoms with Gasteiger partial charge in [0.15, 0.2) is 0 Å². The standard InChI is InChI=1S/C16H28N2S/c1-5-12(3)15-10-18(13(4)9-17-15)11-16-14(6-2)7-8-19-16/h7-8,12-13,15,17H,5-6,9-11H2,1-4H3. The summed E-state index contributed by atoms with van der Waals surface area (Å²) in [5, 5.41) is 5.96. The van der Waals surface area contributed by atoms with Crippen molar-refractivity contribution in [1.82, 2.24) is 10.2 Å². The molecule has 0 amide bonds. The number of rotatable bonds is 5. The van der Waals surface area contributed by atoms with Crippen molar-refractivity contribution in [2.45, 2.75) is 59.2 Å². The van der Waals surface area contributed by atoms with Crippen LogP contribution in [0.3, 0.4) is 0 Å². The summed E-state index contributed by atoms with van der Waals surface area (Å²) < 4.78 is 0. The molecule has 0 spiro atoms. The molecule has 2 nitrogen and oxygen atoms in total. The summed E-state index contributed by atoms with van der Waals surface area (Å²) in [6, 6.07) is 3.59. The van der Waals surface area contributed by atoms with E-state index in [9.17, 15) is 0 Å². The maximum atomic E-state index is 3.72. The molecular formula is C16H28N2S. The van der Waals surface area contributed by atoms with Crippen LogP contribution in [0.5, 0.6) is 0 Å². The van der Waals surface area contributed by atoms with Gasteiger partial charge >= 0.3 is 0 Å². The molecule has 0 bridgehead atoms. The summed E-state index contributed by atoms with van der Waals surface area (Å²) in [7, 11) is 0. The first-order chi connectivity index (χ1) is 9.15. The molecular weight excluding hydrogens is 252 g/mol. The quantitative estimate of drug-likeness (QED) is 0.888. The van der Waals surface area contributed by atoms with E-state index in [-0.39, 0.29) is 0 Å². The minimum Gasteiger partial charge on any atom is -0.311 e. The molecule has 0 aromatic carbocycles. The van der Waals surface area contributed by atoms with Crippen LogP contribution in [0.25, 0.3) is 0 Å². The van der Waals surface area contributed by atoms with E-state index in [2.05, 4.69) is 49.4 Å². The first-order valence-electron chi connectivity index (χ1n) is 7.68. The van der Waals surface area contributed by atoms with Crippen molar-refractivity contribution in [1.29, 1.82) is 0 Å². The number of piperazine rings is 1. The third-order valence-electron chi connectivity index (χ3n) is 4.63. The average Bonchev–Trinajstić information content (AvgIpc) is 2.87. The molecule has 108 valence electrons. The smallest absolute Gasteiger partial charge is 0.0334 e. The Morgan fingerprint density at radius 2 is 2.26 bits per heavy atom. The van der Waals surface area contributed by atoms with E-state index in [1.807, 2.05) is 11.3 Å². The van der Waals surface area contributed by atoms with Gasteiger partial charge in [0.25, 0.3) is 0 Å². The average molecular weight is 280 g/mol. The maximum Gasteiger partial charge on any atom is 0.0334 e. The van der Waals surface area contributed by atoms with Crippen LogP contribution in [0, 0.1) is 5.92 Å². The molecule has 1 saturated heterocycles. The lowest BCUT2D eigenvalue weighted by Crippen LogP contribution is -2.56. The molecule has 2 rings (SSSR count). The first-order valence-corrected chi connectivity index (χ1v) is 8.56. The van der Waals surface area contributed by atoms with Crippen molar-refractivity contribution >= 4 is 11.3 Å². The second-order valence-corrected chi connectivity index (χ2v) is 6.90.